The van der Waals surface area contributed by atoms with E-state index >= 15 is 0 Å². The molecule has 1 atom stereocenters. The molecule has 0 radical (unpaired) electrons. The van der Waals surface area contributed by atoms with Gasteiger partial charge in [0.1, 0.15) is 11.5 Å². The summed E-state index contributed by atoms with van der Waals surface area (Å²) in [6, 6.07) is 6.19. The Hall–Kier alpha value is -1.49. The topological polar surface area (TPSA) is 47.2 Å². The number of amides is 1. The minimum atomic E-state index is -0.0262. The van der Waals surface area contributed by atoms with Crippen LogP contribution < -0.4 is 5.32 Å². The van der Waals surface area contributed by atoms with Gasteiger partial charge in [-0.3, -0.25) is 4.79 Å². The quantitative estimate of drug-likeness (QED) is 0.907. The lowest BCUT2D eigenvalue weighted by Gasteiger charge is -2.14. The molecular weight excluding hydrogens is 320 g/mol. The van der Waals surface area contributed by atoms with Crippen LogP contribution in [0.15, 0.2) is 39.5 Å². The third kappa shape index (κ3) is 2.98. The van der Waals surface area contributed by atoms with E-state index in [4.69, 9.17) is 4.42 Å². The second-order valence-corrected chi connectivity index (χ2v) is 6.26. The molecule has 0 aliphatic heterocycles. The highest BCUT2D eigenvalue weighted by Crippen LogP contribution is 2.37. The number of rotatable bonds is 5. The second-order valence-electron chi connectivity index (χ2n) is 5.34. The first-order chi connectivity index (χ1) is 9.63. The Labute approximate surface area is 126 Å². The zero-order valence-electron chi connectivity index (χ0n) is 11.3. The Balaban J connectivity index is 1.66. The van der Waals surface area contributed by atoms with E-state index in [1.807, 2.05) is 31.3 Å². The smallest absolute Gasteiger partial charge is 0.268 e. The molecule has 1 fully saturated rings. The van der Waals surface area contributed by atoms with Crippen molar-refractivity contribution in [1.82, 2.24) is 9.88 Å². The second kappa shape index (κ2) is 5.48. The van der Waals surface area contributed by atoms with Gasteiger partial charge in [0.2, 0.25) is 0 Å². The van der Waals surface area contributed by atoms with Gasteiger partial charge in [-0.1, -0.05) is 0 Å². The van der Waals surface area contributed by atoms with Gasteiger partial charge in [-0.2, -0.15) is 0 Å². The minimum Gasteiger partial charge on any atom is -0.469 e. The van der Waals surface area contributed by atoms with Gasteiger partial charge in [-0.05, 0) is 53.9 Å². The third-order valence-electron chi connectivity index (χ3n) is 3.45. The summed E-state index contributed by atoms with van der Waals surface area (Å²) >= 11 is 3.45. The average molecular weight is 337 g/mol. The van der Waals surface area contributed by atoms with E-state index in [2.05, 4.69) is 25.8 Å². The molecule has 0 bridgehead atoms. The molecule has 4 nitrogen and oxygen atoms in total. The Morgan fingerprint density at radius 1 is 1.60 bits per heavy atom. The number of halogens is 1. The molecule has 1 amide bonds. The van der Waals surface area contributed by atoms with Crippen LogP contribution in [-0.4, -0.2) is 16.5 Å². The maximum atomic E-state index is 12.4. The van der Waals surface area contributed by atoms with Crippen molar-refractivity contribution in [3.8, 4) is 0 Å². The fraction of sp³-hybridized carbons (Fsp3) is 0.400. The summed E-state index contributed by atoms with van der Waals surface area (Å²) in [6.07, 6.45) is 6.65. The van der Waals surface area contributed by atoms with Crippen LogP contribution >= 0.6 is 15.9 Å². The molecule has 1 unspecified atom stereocenters. The van der Waals surface area contributed by atoms with Crippen molar-refractivity contribution in [2.24, 2.45) is 0 Å². The van der Waals surface area contributed by atoms with E-state index in [9.17, 15) is 4.79 Å². The molecular formula is C15H17BrN2O2. The first-order valence-electron chi connectivity index (χ1n) is 6.84. The Bertz CT molecular complexity index is 599. The summed E-state index contributed by atoms with van der Waals surface area (Å²) in [7, 11) is 0. The van der Waals surface area contributed by atoms with E-state index < -0.39 is 0 Å². The number of aromatic nitrogens is 1. The molecule has 20 heavy (non-hydrogen) atoms. The third-order valence-corrected chi connectivity index (χ3v) is 3.89. The molecule has 106 valence electrons. The molecule has 0 aromatic carbocycles. The molecule has 1 saturated carbocycles. The number of nitrogens with zero attached hydrogens (tertiary/aromatic N) is 1. The summed E-state index contributed by atoms with van der Waals surface area (Å²) in [5, 5.41) is 3.03. The van der Waals surface area contributed by atoms with E-state index in [1.165, 1.54) is 0 Å². The van der Waals surface area contributed by atoms with Crippen LogP contribution in [0, 0.1) is 0 Å². The summed E-state index contributed by atoms with van der Waals surface area (Å²) in [5.41, 5.74) is 0.727. The van der Waals surface area contributed by atoms with Crippen molar-refractivity contribution < 1.29 is 9.21 Å². The molecule has 1 aliphatic rings. The normalized spacial score (nSPS) is 16.1. The van der Waals surface area contributed by atoms with E-state index in [-0.39, 0.29) is 11.9 Å². The van der Waals surface area contributed by atoms with Gasteiger partial charge >= 0.3 is 0 Å². The van der Waals surface area contributed by atoms with Crippen LogP contribution in [0.1, 0.15) is 42.1 Å². The van der Waals surface area contributed by atoms with Gasteiger partial charge < -0.3 is 14.3 Å². The maximum absolute atomic E-state index is 12.4. The molecule has 2 aromatic heterocycles. The molecule has 1 N–H and O–H groups in total. The number of nitrogens with one attached hydrogen (secondary N) is 1. The van der Waals surface area contributed by atoms with Crippen LogP contribution in [0.3, 0.4) is 0 Å². The van der Waals surface area contributed by atoms with Gasteiger partial charge in [0.15, 0.2) is 0 Å². The van der Waals surface area contributed by atoms with Crippen molar-refractivity contribution in [2.45, 2.75) is 38.3 Å². The van der Waals surface area contributed by atoms with Crippen LogP contribution in [0.2, 0.25) is 0 Å². The molecule has 3 rings (SSSR count). The van der Waals surface area contributed by atoms with Gasteiger partial charge in [0.25, 0.3) is 5.91 Å². The standard InChI is InChI=1S/C15H17BrN2O2/c1-10(7-13-3-2-6-20-13)17-15(19)14-8-11(16)9-18(14)12-4-5-12/h2-3,6,8-10,12H,4-5,7H2,1H3,(H,17,19). The highest BCUT2D eigenvalue weighted by Gasteiger charge is 2.28. The Morgan fingerprint density at radius 3 is 3.05 bits per heavy atom. The molecule has 5 heteroatoms. The number of carbonyl (C=O) groups excluding carboxylic acids is 1. The summed E-state index contributed by atoms with van der Waals surface area (Å²) < 4.78 is 8.32. The highest BCUT2D eigenvalue weighted by molar-refractivity contribution is 9.10. The zero-order valence-corrected chi connectivity index (χ0v) is 12.9. The minimum absolute atomic E-state index is 0.0262. The van der Waals surface area contributed by atoms with E-state index in [0.717, 1.165) is 28.8 Å². The highest BCUT2D eigenvalue weighted by atomic mass is 79.9. The molecule has 1 aliphatic carbocycles. The van der Waals surface area contributed by atoms with Crippen LogP contribution in [-0.2, 0) is 6.42 Å². The lowest BCUT2D eigenvalue weighted by atomic mass is 10.2. The van der Waals surface area contributed by atoms with Crippen molar-refractivity contribution in [3.05, 3.63) is 46.6 Å². The fourth-order valence-corrected chi connectivity index (χ4v) is 2.80. The van der Waals surface area contributed by atoms with Crippen molar-refractivity contribution in [2.75, 3.05) is 0 Å². The van der Waals surface area contributed by atoms with Crippen molar-refractivity contribution in [1.29, 1.82) is 0 Å². The SMILES string of the molecule is CC(Cc1ccco1)NC(=O)c1cc(Br)cn1C1CC1. The van der Waals surface area contributed by atoms with Gasteiger partial charge in [-0.25, -0.2) is 0 Å². The molecule has 2 aromatic rings. The maximum Gasteiger partial charge on any atom is 0.268 e. The van der Waals surface area contributed by atoms with Crippen molar-refractivity contribution >= 4 is 21.8 Å². The van der Waals surface area contributed by atoms with Gasteiger partial charge in [0.05, 0.1) is 6.26 Å². The summed E-state index contributed by atoms with van der Waals surface area (Å²) in [4.78, 5) is 12.4. The molecule has 2 heterocycles. The van der Waals surface area contributed by atoms with E-state index in [1.54, 1.807) is 6.26 Å². The number of hydrogen-bond donors (Lipinski definition) is 1. The Kier molecular flexibility index (Phi) is 3.70. The van der Waals surface area contributed by atoms with Crippen LogP contribution in [0.5, 0.6) is 0 Å². The predicted octanol–water partition coefficient (Wildman–Crippen LogP) is 3.54. The van der Waals surface area contributed by atoms with E-state index in [0.29, 0.717) is 12.5 Å². The largest absolute Gasteiger partial charge is 0.469 e. The predicted molar refractivity (Wildman–Crippen MR) is 79.7 cm³/mol. The van der Waals surface area contributed by atoms with Crippen LogP contribution in [0.25, 0.3) is 0 Å². The lowest BCUT2D eigenvalue weighted by molar-refractivity contribution is 0.0929. The number of carbonyl (C=O) groups is 1. The zero-order chi connectivity index (χ0) is 14.1. The fourth-order valence-electron chi connectivity index (χ4n) is 2.36. The Morgan fingerprint density at radius 2 is 2.40 bits per heavy atom. The lowest BCUT2D eigenvalue weighted by Crippen LogP contribution is -2.35. The monoisotopic (exact) mass is 336 g/mol. The summed E-state index contributed by atoms with van der Waals surface area (Å²) in [5.74, 6) is 0.859. The molecule has 0 saturated heterocycles. The van der Waals surface area contributed by atoms with Crippen LogP contribution in [0.4, 0.5) is 0 Å². The average Bonchev–Trinajstić information content (AvgIpc) is 2.98. The molecule has 0 spiro atoms. The van der Waals surface area contributed by atoms with Gasteiger partial charge in [0, 0.05) is 29.2 Å². The first-order valence-corrected chi connectivity index (χ1v) is 7.63. The first kappa shape index (κ1) is 13.5. The number of furan rings is 1. The summed E-state index contributed by atoms with van der Waals surface area (Å²) in [6.45, 7) is 1.99. The van der Waals surface area contributed by atoms with Gasteiger partial charge in [-0.15, -0.1) is 0 Å². The number of hydrogen-bond acceptors (Lipinski definition) is 2. The van der Waals surface area contributed by atoms with Crippen molar-refractivity contribution in [3.63, 3.8) is 0 Å².